The van der Waals surface area contributed by atoms with E-state index in [1.54, 1.807) is 0 Å². The smallest absolute Gasteiger partial charge is 0.162 e. The normalized spacial score (nSPS) is 14.1. The van der Waals surface area contributed by atoms with Gasteiger partial charge in [-0.25, -0.2) is 0 Å². The molecule has 0 saturated heterocycles. The van der Waals surface area contributed by atoms with Crippen LogP contribution in [0.4, 0.5) is 5.69 Å². The van der Waals surface area contributed by atoms with Gasteiger partial charge in [-0.2, -0.15) is 0 Å². The van der Waals surface area contributed by atoms with E-state index in [4.69, 9.17) is 4.74 Å². The molecule has 3 nitrogen and oxygen atoms in total. The molecule has 1 aromatic carbocycles. The van der Waals surface area contributed by atoms with Gasteiger partial charge in [0.1, 0.15) is 12.4 Å². The number of Topliss-reactive ketones (excluding diaryl/α,β-unsaturated/α-hetero) is 1. The number of benzene rings is 1. The lowest BCUT2D eigenvalue weighted by atomic mass is 10.1. The van der Waals surface area contributed by atoms with Crippen molar-refractivity contribution in [2.24, 2.45) is 0 Å². The van der Waals surface area contributed by atoms with Crippen LogP contribution in [0.1, 0.15) is 37.0 Å². The highest BCUT2D eigenvalue weighted by atomic mass is 16.5. The van der Waals surface area contributed by atoms with Gasteiger partial charge in [0.15, 0.2) is 5.78 Å². The number of hydrogen-bond acceptors (Lipinski definition) is 3. The second-order valence-corrected chi connectivity index (χ2v) is 4.29. The van der Waals surface area contributed by atoms with Crippen molar-refractivity contribution in [3.8, 4) is 5.75 Å². The van der Waals surface area contributed by atoms with E-state index < -0.39 is 0 Å². The molecular formula is C14H19NO2. The van der Waals surface area contributed by atoms with Crippen molar-refractivity contribution in [2.45, 2.75) is 26.7 Å². The van der Waals surface area contributed by atoms with Crippen molar-refractivity contribution in [1.29, 1.82) is 0 Å². The molecule has 0 N–H and O–H groups in total. The number of carbonyl (C=O) groups is 1. The van der Waals surface area contributed by atoms with E-state index in [9.17, 15) is 4.79 Å². The minimum absolute atomic E-state index is 0.190. The van der Waals surface area contributed by atoms with Gasteiger partial charge < -0.3 is 9.64 Å². The standard InChI is InChI=1S/C14H19NO2/c1-3-7-15-8-9-17-14-6-5-11(10-12(14)15)13(16)4-2/h5-6,10H,3-4,7-9H2,1-2H3. The Morgan fingerprint density at radius 3 is 2.94 bits per heavy atom. The third-order valence-corrected chi connectivity index (χ3v) is 3.06. The molecule has 0 atom stereocenters. The second kappa shape index (κ2) is 5.21. The predicted molar refractivity (Wildman–Crippen MR) is 69.1 cm³/mol. The van der Waals surface area contributed by atoms with Gasteiger partial charge in [0.25, 0.3) is 0 Å². The van der Waals surface area contributed by atoms with E-state index >= 15 is 0 Å². The van der Waals surface area contributed by atoms with Crippen LogP contribution in [0.2, 0.25) is 0 Å². The number of fused-ring (bicyclic) bond motifs is 1. The van der Waals surface area contributed by atoms with E-state index in [2.05, 4.69) is 11.8 Å². The molecule has 1 heterocycles. The molecule has 0 radical (unpaired) electrons. The average Bonchev–Trinajstić information content (AvgIpc) is 2.38. The molecule has 0 fully saturated rings. The summed E-state index contributed by atoms with van der Waals surface area (Å²) in [6, 6.07) is 5.75. The lowest BCUT2D eigenvalue weighted by Gasteiger charge is -2.31. The molecule has 0 spiro atoms. The first kappa shape index (κ1) is 12.0. The summed E-state index contributed by atoms with van der Waals surface area (Å²) in [5.74, 6) is 1.09. The molecule has 0 amide bonds. The zero-order valence-corrected chi connectivity index (χ0v) is 10.5. The molecule has 0 saturated carbocycles. The Bertz CT molecular complexity index is 415. The summed E-state index contributed by atoms with van der Waals surface area (Å²) in [6.45, 7) is 6.71. The van der Waals surface area contributed by atoms with Gasteiger partial charge in [-0.3, -0.25) is 4.79 Å². The molecule has 0 bridgehead atoms. The van der Waals surface area contributed by atoms with Gasteiger partial charge in [0, 0.05) is 18.5 Å². The number of ether oxygens (including phenoxy) is 1. The minimum Gasteiger partial charge on any atom is -0.490 e. The first-order chi connectivity index (χ1) is 8.26. The molecule has 3 heteroatoms. The third kappa shape index (κ3) is 2.43. The van der Waals surface area contributed by atoms with Crippen LogP contribution in [0.25, 0.3) is 0 Å². The molecule has 0 aliphatic carbocycles. The Kier molecular flexibility index (Phi) is 3.67. The molecule has 1 aromatic rings. The predicted octanol–water partition coefficient (Wildman–Crippen LogP) is 2.89. The molecule has 1 aliphatic rings. The Morgan fingerprint density at radius 1 is 1.41 bits per heavy atom. The van der Waals surface area contributed by atoms with Crippen molar-refractivity contribution in [1.82, 2.24) is 0 Å². The molecule has 2 rings (SSSR count). The van der Waals surface area contributed by atoms with Crippen molar-refractivity contribution in [2.75, 3.05) is 24.6 Å². The first-order valence-electron chi connectivity index (χ1n) is 6.31. The quantitative estimate of drug-likeness (QED) is 0.749. The van der Waals surface area contributed by atoms with Crippen molar-refractivity contribution in [3.05, 3.63) is 23.8 Å². The molecule has 1 aliphatic heterocycles. The van der Waals surface area contributed by atoms with Gasteiger partial charge >= 0.3 is 0 Å². The highest BCUT2D eigenvalue weighted by Gasteiger charge is 2.18. The van der Waals surface area contributed by atoms with Crippen LogP contribution >= 0.6 is 0 Å². The van der Waals surface area contributed by atoms with E-state index in [1.807, 2.05) is 25.1 Å². The number of ketones is 1. The molecule has 0 unspecified atom stereocenters. The summed E-state index contributed by atoms with van der Waals surface area (Å²) >= 11 is 0. The maximum absolute atomic E-state index is 11.7. The second-order valence-electron chi connectivity index (χ2n) is 4.29. The zero-order chi connectivity index (χ0) is 12.3. The van der Waals surface area contributed by atoms with Crippen LogP contribution in [0, 0.1) is 0 Å². The van der Waals surface area contributed by atoms with Crippen molar-refractivity contribution < 1.29 is 9.53 Å². The minimum atomic E-state index is 0.190. The first-order valence-corrected chi connectivity index (χ1v) is 6.31. The fraction of sp³-hybridized carbons (Fsp3) is 0.500. The fourth-order valence-corrected chi connectivity index (χ4v) is 2.15. The van der Waals surface area contributed by atoms with Gasteiger partial charge in [-0.05, 0) is 24.6 Å². The summed E-state index contributed by atoms with van der Waals surface area (Å²) in [4.78, 5) is 14.0. The number of rotatable bonds is 4. The van der Waals surface area contributed by atoms with E-state index in [0.717, 1.165) is 43.1 Å². The van der Waals surface area contributed by atoms with Crippen LogP contribution in [0.5, 0.6) is 5.75 Å². The van der Waals surface area contributed by atoms with Crippen LogP contribution in [0.3, 0.4) is 0 Å². The number of hydrogen-bond donors (Lipinski definition) is 0. The summed E-state index contributed by atoms with van der Waals surface area (Å²) in [7, 11) is 0. The zero-order valence-electron chi connectivity index (χ0n) is 10.5. The lowest BCUT2D eigenvalue weighted by Crippen LogP contribution is -2.33. The van der Waals surface area contributed by atoms with Crippen LogP contribution in [0.15, 0.2) is 18.2 Å². The monoisotopic (exact) mass is 233 g/mol. The average molecular weight is 233 g/mol. The SMILES string of the molecule is CCCN1CCOc2ccc(C(=O)CC)cc21. The summed E-state index contributed by atoms with van der Waals surface area (Å²) < 4.78 is 5.62. The van der Waals surface area contributed by atoms with Crippen molar-refractivity contribution in [3.63, 3.8) is 0 Å². The Labute approximate surface area is 102 Å². The maximum atomic E-state index is 11.7. The Hall–Kier alpha value is -1.51. The molecule has 0 aromatic heterocycles. The number of anilines is 1. The Morgan fingerprint density at radius 2 is 2.24 bits per heavy atom. The molecule has 92 valence electrons. The number of carbonyl (C=O) groups excluding carboxylic acids is 1. The van der Waals surface area contributed by atoms with E-state index in [-0.39, 0.29) is 5.78 Å². The molecular weight excluding hydrogens is 214 g/mol. The Balaban J connectivity index is 2.33. The largest absolute Gasteiger partial charge is 0.490 e. The highest BCUT2D eigenvalue weighted by Crippen LogP contribution is 2.32. The van der Waals surface area contributed by atoms with Gasteiger partial charge in [-0.15, -0.1) is 0 Å². The van der Waals surface area contributed by atoms with Crippen LogP contribution in [-0.4, -0.2) is 25.5 Å². The van der Waals surface area contributed by atoms with E-state index in [1.165, 1.54) is 0 Å². The summed E-state index contributed by atoms with van der Waals surface area (Å²) in [5, 5.41) is 0. The van der Waals surface area contributed by atoms with E-state index in [0.29, 0.717) is 6.42 Å². The number of nitrogens with zero attached hydrogens (tertiary/aromatic N) is 1. The third-order valence-electron chi connectivity index (χ3n) is 3.06. The topological polar surface area (TPSA) is 29.5 Å². The fourth-order valence-electron chi connectivity index (χ4n) is 2.15. The summed E-state index contributed by atoms with van der Waals surface area (Å²) in [5.41, 5.74) is 1.86. The van der Waals surface area contributed by atoms with Crippen LogP contribution in [-0.2, 0) is 0 Å². The maximum Gasteiger partial charge on any atom is 0.162 e. The van der Waals surface area contributed by atoms with Gasteiger partial charge in [0.2, 0.25) is 0 Å². The highest BCUT2D eigenvalue weighted by molar-refractivity contribution is 5.97. The lowest BCUT2D eigenvalue weighted by molar-refractivity contribution is 0.0988. The van der Waals surface area contributed by atoms with Crippen molar-refractivity contribution >= 4 is 11.5 Å². The van der Waals surface area contributed by atoms with Gasteiger partial charge in [-0.1, -0.05) is 13.8 Å². The van der Waals surface area contributed by atoms with Crippen LogP contribution < -0.4 is 9.64 Å². The van der Waals surface area contributed by atoms with Gasteiger partial charge in [0.05, 0.1) is 12.2 Å². The molecule has 17 heavy (non-hydrogen) atoms. The summed E-state index contributed by atoms with van der Waals surface area (Å²) in [6.07, 6.45) is 1.65.